The number of carbonyl (C=O) groups excluding carboxylic acids is 1. The lowest BCUT2D eigenvalue weighted by Gasteiger charge is -2.52. The number of rotatable bonds is 7. The van der Waals surface area contributed by atoms with Gasteiger partial charge in [0.25, 0.3) is 0 Å². The molecule has 0 bridgehead atoms. The Morgan fingerprint density at radius 2 is 1.72 bits per heavy atom. The molecule has 0 amide bonds. The molecule has 1 saturated carbocycles. The van der Waals surface area contributed by atoms with Crippen molar-refractivity contribution in [1.29, 1.82) is 0 Å². The van der Waals surface area contributed by atoms with Crippen molar-refractivity contribution in [1.82, 2.24) is 4.90 Å². The molecule has 1 N–H and O–H groups in total. The van der Waals surface area contributed by atoms with Crippen LogP contribution >= 0.6 is 0 Å². The number of nitrogens with zero attached hydrogens (tertiary/aromatic N) is 1. The SMILES string of the molecule is CC(C)Cc1ccc(C(C)C(=O)Oc2cccc(C3(O)CCCCC3(C)N(C)C)c2)cc1. The fourth-order valence-corrected chi connectivity index (χ4v) is 4.95. The molecule has 2 aromatic carbocycles. The van der Waals surface area contributed by atoms with Crippen LogP contribution in [0.25, 0.3) is 0 Å². The van der Waals surface area contributed by atoms with Crippen LogP contribution in [0.1, 0.15) is 76.0 Å². The number of aliphatic hydroxyl groups is 1. The fraction of sp³-hybridized carbons (Fsp3) is 0.536. The molecule has 1 aliphatic rings. The minimum Gasteiger partial charge on any atom is -0.426 e. The molecule has 32 heavy (non-hydrogen) atoms. The van der Waals surface area contributed by atoms with Gasteiger partial charge in [-0.2, -0.15) is 0 Å². The maximum absolute atomic E-state index is 12.9. The third-order valence-corrected chi connectivity index (χ3v) is 7.34. The summed E-state index contributed by atoms with van der Waals surface area (Å²) in [6.07, 6.45) is 4.72. The maximum Gasteiger partial charge on any atom is 0.318 e. The number of carbonyl (C=O) groups is 1. The summed E-state index contributed by atoms with van der Waals surface area (Å²) in [4.78, 5) is 15.0. The minimum absolute atomic E-state index is 0.287. The molecule has 1 aliphatic carbocycles. The Labute approximate surface area is 193 Å². The van der Waals surface area contributed by atoms with E-state index < -0.39 is 5.60 Å². The molecule has 0 aliphatic heterocycles. The maximum atomic E-state index is 12.9. The van der Waals surface area contributed by atoms with Crippen LogP contribution in [0.2, 0.25) is 0 Å². The Bertz CT molecular complexity index is 921. The first-order valence-electron chi connectivity index (χ1n) is 11.9. The molecule has 2 aromatic rings. The van der Waals surface area contributed by atoms with Gasteiger partial charge in [0.1, 0.15) is 11.4 Å². The molecule has 4 heteroatoms. The lowest BCUT2D eigenvalue weighted by atomic mass is 9.66. The predicted molar refractivity (Wildman–Crippen MR) is 130 cm³/mol. The molecular formula is C28H39NO3. The second kappa shape index (κ2) is 9.76. The molecule has 3 unspecified atom stereocenters. The Morgan fingerprint density at radius 3 is 2.34 bits per heavy atom. The van der Waals surface area contributed by atoms with Gasteiger partial charge in [0, 0.05) is 0 Å². The standard InChI is InChI=1S/C28H39NO3/c1-20(2)18-22-12-14-23(15-13-22)21(3)26(30)32-25-11-9-10-24(19-25)28(31)17-8-7-16-27(28,4)29(5)6/h9-15,19-21,31H,7-8,16-18H2,1-6H3. The van der Waals surface area contributed by atoms with Crippen molar-refractivity contribution in [2.45, 2.75) is 76.9 Å². The van der Waals surface area contributed by atoms with Gasteiger partial charge in [-0.25, -0.2) is 0 Å². The van der Waals surface area contributed by atoms with Crippen LogP contribution in [-0.4, -0.2) is 35.6 Å². The molecule has 3 rings (SSSR count). The normalized spacial score (nSPS) is 24.5. The summed E-state index contributed by atoms with van der Waals surface area (Å²) in [5, 5.41) is 11.8. The monoisotopic (exact) mass is 437 g/mol. The summed E-state index contributed by atoms with van der Waals surface area (Å²) in [6, 6.07) is 15.7. The lowest BCUT2D eigenvalue weighted by molar-refractivity contribution is -0.135. The van der Waals surface area contributed by atoms with Crippen molar-refractivity contribution < 1.29 is 14.6 Å². The van der Waals surface area contributed by atoms with Crippen LogP contribution in [0.4, 0.5) is 0 Å². The number of esters is 1. The highest BCUT2D eigenvalue weighted by molar-refractivity contribution is 5.80. The number of ether oxygens (including phenoxy) is 1. The van der Waals surface area contributed by atoms with Crippen LogP contribution in [-0.2, 0) is 16.8 Å². The zero-order valence-corrected chi connectivity index (χ0v) is 20.5. The van der Waals surface area contributed by atoms with E-state index >= 15 is 0 Å². The Morgan fingerprint density at radius 1 is 1.06 bits per heavy atom. The first-order chi connectivity index (χ1) is 15.1. The summed E-state index contributed by atoms with van der Waals surface area (Å²) in [5.74, 6) is 0.432. The third-order valence-electron chi connectivity index (χ3n) is 7.34. The molecular weight excluding hydrogens is 398 g/mol. The summed E-state index contributed by atoms with van der Waals surface area (Å²) in [7, 11) is 4.04. The van der Waals surface area contributed by atoms with Crippen LogP contribution in [0.3, 0.4) is 0 Å². The molecule has 0 saturated heterocycles. The zero-order chi connectivity index (χ0) is 23.5. The highest BCUT2D eigenvalue weighted by Gasteiger charge is 2.51. The number of hydrogen-bond acceptors (Lipinski definition) is 4. The van der Waals surface area contributed by atoms with Gasteiger partial charge in [-0.1, -0.05) is 63.1 Å². The average molecular weight is 438 g/mol. The fourth-order valence-electron chi connectivity index (χ4n) is 4.95. The van der Waals surface area contributed by atoms with Gasteiger partial charge in [-0.15, -0.1) is 0 Å². The first kappa shape index (κ1) is 24.5. The summed E-state index contributed by atoms with van der Waals surface area (Å²) >= 11 is 0. The van der Waals surface area contributed by atoms with Crippen molar-refractivity contribution in [3.63, 3.8) is 0 Å². The minimum atomic E-state index is -0.991. The van der Waals surface area contributed by atoms with E-state index in [1.54, 1.807) is 6.07 Å². The molecule has 4 nitrogen and oxygen atoms in total. The summed E-state index contributed by atoms with van der Waals surface area (Å²) in [6.45, 7) is 8.40. The van der Waals surface area contributed by atoms with Gasteiger partial charge in [0.2, 0.25) is 0 Å². The van der Waals surface area contributed by atoms with E-state index in [1.165, 1.54) is 5.56 Å². The van der Waals surface area contributed by atoms with Gasteiger partial charge < -0.3 is 14.7 Å². The van der Waals surface area contributed by atoms with Gasteiger partial charge in [0.15, 0.2) is 0 Å². The largest absolute Gasteiger partial charge is 0.426 e. The van der Waals surface area contributed by atoms with Gasteiger partial charge >= 0.3 is 5.97 Å². The van der Waals surface area contributed by atoms with Crippen molar-refractivity contribution >= 4 is 5.97 Å². The molecule has 0 heterocycles. The van der Waals surface area contributed by atoms with E-state index in [9.17, 15) is 9.90 Å². The molecule has 174 valence electrons. The van der Waals surface area contributed by atoms with Crippen molar-refractivity contribution in [2.24, 2.45) is 5.92 Å². The average Bonchev–Trinajstić information content (AvgIpc) is 2.75. The van der Waals surface area contributed by atoms with E-state index in [0.29, 0.717) is 18.1 Å². The Hall–Kier alpha value is -2.17. The van der Waals surface area contributed by atoms with E-state index in [0.717, 1.165) is 36.8 Å². The van der Waals surface area contributed by atoms with E-state index in [-0.39, 0.29) is 17.4 Å². The smallest absolute Gasteiger partial charge is 0.318 e. The molecule has 3 atom stereocenters. The molecule has 0 radical (unpaired) electrons. The van der Waals surface area contributed by atoms with Crippen molar-refractivity contribution in [2.75, 3.05) is 14.1 Å². The molecule has 1 fully saturated rings. The zero-order valence-electron chi connectivity index (χ0n) is 20.5. The van der Waals surface area contributed by atoms with E-state index in [1.807, 2.05) is 51.4 Å². The second-order valence-electron chi connectivity index (χ2n) is 10.2. The lowest BCUT2D eigenvalue weighted by Crippen LogP contribution is -2.59. The highest BCUT2D eigenvalue weighted by atomic mass is 16.5. The Kier molecular flexibility index (Phi) is 7.46. The van der Waals surface area contributed by atoms with Crippen molar-refractivity contribution in [3.05, 3.63) is 65.2 Å². The van der Waals surface area contributed by atoms with Crippen molar-refractivity contribution in [3.8, 4) is 5.75 Å². The topological polar surface area (TPSA) is 49.8 Å². The Balaban J connectivity index is 1.77. The third kappa shape index (κ3) is 4.92. The van der Waals surface area contributed by atoms with Gasteiger partial charge in [-0.05, 0) is 81.9 Å². The van der Waals surface area contributed by atoms with Gasteiger partial charge in [0.05, 0.1) is 11.5 Å². The first-order valence-corrected chi connectivity index (χ1v) is 11.9. The predicted octanol–water partition coefficient (Wildman–Crippen LogP) is 5.68. The van der Waals surface area contributed by atoms with Crippen LogP contribution in [0, 0.1) is 5.92 Å². The molecule has 0 spiro atoms. The number of benzene rings is 2. The highest BCUT2D eigenvalue weighted by Crippen LogP contribution is 2.47. The molecule has 0 aromatic heterocycles. The quantitative estimate of drug-likeness (QED) is 0.447. The van der Waals surface area contributed by atoms with Crippen LogP contribution in [0.5, 0.6) is 5.75 Å². The summed E-state index contributed by atoms with van der Waals surface area (Å²) < 4.78 is 5.77. The second-order valence-corrected chi connectivity index (χ2v) is 10.2. The number of hydrogen-bond donors (Lipinski definition) is 1. The van der Waals surface area contributed by atoms with E-state index in [2.05, 4.69) is 37.8 Å². The van der Waals surface area contributed by atoms with Crippen LogP contribution < -0.4 is 4.74 Å². The number of likely N-dealkylation sites (N-methyl/N-ethyl adjacent to an activating group) is 1. The van der Waals surface area contributed by atoms with Gasteiger partial charge in [-0.3, -0.25) is 4.79 Å². The van der Waals surface area contributed by atoms with Crippen LogP contribution in [0.15, 0.2) is 48.5 Å². The van der Waals surface area contributed by atoms with E-state index in [4.69, 9.17) is 4.74 Å². The summed E-state index contributed by atoms with van der Waals surface area (Å²) in [5.41, 5.74) is 1.67.